The van der Waals surface area contributed by atoms with E-state index in [-0.39, 0.29) is 0 Å². The minimum Gasteiger partial charge on any atom is -0.489 e. The predicted molar refractivity (Wildman–Crippen MR) is 82.6 cm³/mol. The fraction of sp³-hybridized carbons (Fsp3) is 0.143. The summed E-state index contributed by atoms with van der Waals surface area (Å²) in [7, 11) is 0. The Balaban J connectivity index is 1.86. The zero-order valence-electron chi connectivity index (χ0n) is 10.6. The van der Waals surface area contributed by atoms with Crippen LogP contribution in [0, 0.1) is 0 Å². The van der Waals surface area contributed by atoms with E-state index in [1.54, 1.807) is 18.5 Å². The number of ether oxygens (including phenoxy) is 2. The number of para-hydroxylation sites is 1. The van der Waals surface area contributed by atoms with Crippen LogP contribution in [-0.4, -0.2) is 23.2 Å². The first kappa shape index (κ1) is 14.6. The van der Waals surface area contributed by atoms with Crippen LogP contribution >= 0.6 is 23.8 Å². The van der Waals surface area contributed by atoms with Gasteiger partial charge in [0.25, 0.3) is 0 Å². The number of halogens is 1. The topological polar surface area (TPSA) is 57.4 Å². The molecule has 0 atom stereocenters. The van der Waals surface area contributed by atoms with Gasteiger partial charge in [-0.25, -0.2) is 0 Å². The molecular formula is C14H13ClN2O2S. The maximum Gasteiger partial charge on any atom is 0.139 e. The van der Waals surface area contributed by atoms with E-state index in [0.29, 0.717) is 40.3 Å². The molecule has 104 valence electrons. The Kier molecular flexibility index (Phi) is 5.15. The lowest BCUT2D eigenvalue weighted by molar-refractivity contribution is 0.216. The number of thiocarbonyl (C=S) groups is 1. The summed E-state index contributed by atoms with van der Waals surface area (Å²) in [6.45, 7) is 0.736. The molecule has 4 nitrogen and oxygen atoms in total. The van der Waals surface area contributed by atoms with E-state index >= 15 is 0 Å². The molecule has 2 N–H and O–H groups in total. The summed E-state index contributed by atoms with van der Waals surface area (Å²) >= 11 is 10.8. The zero-order valence-corrected chi connectivity index (χ0v) is 12.2. The van der Waals surface area contributed by atoms with Crippen molar-refractivity contribution >= 4 is 28.8 Å². The monoisotopic (exact) mass is 308 g/mol. The maximum absolute atomic E-state index is 5.81. The summed E-state index contributed by atoms with van der Waals surface area (Å²) in [5.74, 6) is 1.25. The van der Waals surface area contributed by atoms with E-state index in [9.17, 15) is 0 Å². The summed E-state index contributed by atoms with van der Waals surface area (Å²) < 4.78 is 11.1. The largest absolute Gasteiger partial charge is 0.489 e. The van der Waals surface area contributed by atoms with Gasteiger partial charge in [-0.15, -0.1) is 0 Å². The van der Waals surface area contributed by atoms with E-state index in [2.05, 4.69) is 4.98 Å². The zero-order chi connectivity index (χ0) is 14.4. The molecule has 0 saturated heterocycles. The number of hydrogen-bond acceptors (Lipinski definition) is 4. The number of hydrogen-bond donors (Lipinski definition) is 1. The normalized spacial score (nSPS) is 10.1. The van der Waals surface area contributed by atoms with Gasteiger partial charge in [-0.2, -0.15) is 0 Å². The smallest absolute Gasteiger partial charge is 0.139 e. The molecule has 0 fully saturated rings. The summed E-state index contributed by atoms with van der Waals surface area (Å²) in [6, 6.07) is 9.04. The van der Waals surface area contributed by atoms with Crippen LogP contribution in [0.25, 0.3) is 0 Å². The van der Waals surface area contributed by atoms with Crippen LogP contribution in [0.5, 0.6) is 11.5 Å². The average molecular weight is 309 g/mol. The summed E-state index contributed by atoms with van der Waals surface area (Å²) in [6.07, 6.45) is 3.14. The van der Waals surface area contributed by atoms with Gasteiger partial charge in [0.05, 0.1) is 16.8 Å². The average Bonchev–Trinajstić information content (AvgIpc) is 2.44. The number of benzene rings is 1. The van der Waals surface area contributed by atoms with E-state index < -0.39 is 0 Å². The lowest BCUT2D eigenvalue weighted by Crippen LogP contribution is -2.14. The third-order valence-electron chi connectivity index (χ3n) is 2.44. The highest BCUT2D eigenvalue weighted by molar-refractivity contribution is 7.80. The first-order valence-corrected chi connectivity index (χ1v) is 6.70. The van der Waals surface area contributed by atoms with Gasteiger partial charge in [-0.1, -0.05) is 36.0 Å². The SMILES string of the molecule is NC(=S)c1ccccc1OCCOc1cncc(Cl)c1. The van der Waals surface area contributed by atoms with Crippen molar-refractivity contribution < 1.29 is 9.47 Å². The molecule has 0 unspecified atom stereocenters. The molecule has 0 amide bonds. The molecule has 0 aliphatic heterocycles. The van der Waals surface area contributed by atoms with Gasteiger partial charge in [-0.05, 0) is 12.1 Å². The van der Waals surface area contributed by atoms with Crippen LogP contribution < -0.4 is 15.2 Å². The van der Waals surface area contributed by atoms with E-state index in [4.69, 9.17) is 39.0 Å². The summed E-state index contributed by atoms with van der Waals surface area (Å²) in [4.78, 5) is 4.23. The molecule has 1 aromatic carbocycles. The second kappa shape index (κ2) is 7.07. The van der Waals surface area contributed by atoms with Crippen LogP contribution in [0.2, 0.25) is 5.02 Å². The molecule has 0 aliphatic rings. The molecule has 2 aromatic rings. The summed E-state index contributed by atoms with van der Waals surface area (Å²) in [5, 5.41) is 0.530. The summed E-state index contributed by atoms with van der Waals surface area (Å²) in [5.41, 5.74) is 6.34. The van der Waals surface area contributed by atoms with Crippen LogP contribution in [0.1, 0.15) is 5.56 Å². The standard InChI is InChI=1S/C14H13ClN2O2S/c15-10-7-11(9-17-8-10)18-5-6-19-13-4-2-1-3-12(13)14(16)20/h1-4,7-9H,5-6H2,(H2,16,20). The molecule has 0 saturated carbocycles. The molecule has 1 aromatic heterocycles. The molecule has 1 heterocycles. The van der Waals surface area contributed by atoms with Crippen molar-refractivity contribution in [2.45, 2.75) is 0 Å². The molecule has 2 rings (SSSR count). The third-order valence-corrected chi connectivity index (χ3v) is 2.87. The Bertz CT molecular complexity index is 607. The number of pyridine rings is 1. The van der Waals surface area contributed by atoms with Gasteiger partial charge in [-0.3, -0.25) is 4.98 Å². The number of nitrogens with zero attached hydrogens (tertiary/aromatic N) is 1. The van der Waals surface area contributed by atoms with Crippen molar-refractivity contribution in [3.63, 3.8) is 0 Å². The number of aromatic nitrogens is 1. The molecule has 0 spiro atoms. The fourth-order valence-electron chi connectivity index (χ4n) is 1.58. The Morgan fingerprint density at radius 3 is 2.70 bits per heavy atom. The fourth-order valence-corrected chi connectivity index (χ4v) is 1.91. The number of rotatable bonds is 6. The van der Waals surface area contributed by atoms with E-state index in [0.717, 1.165) is 0 Å². The minimum atomic E-state index is 0.306. The van der Waals surface area contributed by atoms with Crippen LogP contribution in [0.15, 0.2) is 42.7 Å². The Morgan fingerprint density at radius 1 is 1.20 bits per heavy atom. The highest BCUT2D eigenvalue weighted by atomic mass is 35.5. The van der Waals surface area contributed by atoms with Crippen molar-refractivity contribution in [3.8, 4) is 11.5 Å². The van der Waals surface area contributed by atoms with Gasteiger partial charge in [0, 0.05) is 12.3 Å². The van der Waals surface area contributed by atoms with Gasteiger partial charge < -0.3 is 15.2 Å². The maximum atomic E-state index is 5.81. The molecule has 20 heavy (non-hydrogen) atoms. The van der Waals surface area contributed by atoms with Crippen molar-refractivity contribution in [2.24, 2.45) is 5.73 Å². The Morgan fingerprint density at radius 2 is 1.95 bits per heavy atom. The first-order chi connectivity index (χ1) is 9.66. The van der Waals surface area contributed by atoms with Crippen LogP contribution in [0.4, 0.5) is 0 Å². The molecule has 6 heteroatoms. The lowest BCUT2D eigenvalue weighted by Gasteiger charge is -2.11. The van der Waals surface area contributed by atoms with Crippen molar-refractivity contribution in [1.29, 1.82) is 0 Å². The quantitative estimate of drug-likeness (QED) is 0.657. The van der Waals surface area contributed by atoms with Crippen LogP contribution in [-0.2, 0) is 0 Å². The lowest BCUT2D eigenvalue weighted by atomic mass is 10.2. The van der Waals surface area contributed by atoms with Gasteiger partial charge >= 0.3 is 0 Å². The first-order valence-electron chi connectivity index (χ1n) is 5.92. The second-order valence-electron chi connectivity index (χ2n) is 3.90. The van der Waals surface area contributed by atoms with Crippen molar-refractivity contribution in [3.05, 3.63) is 53.3 Å². The number of nitrogens with two attached hydrogens (primary N) is 1. The Hall–Kier alpha value is -1.85. The van der Waals surface area contributed by atoms with Gasteiger partial charge in [0.1, 0.15) is 29.7 Å². The van der Waals surface area contributed by atoms with Crippen molar-refractivity contribution in [1.82, 2.24) is 4.98 Å². The highest BCUT2D eigenvalue weighted by Crippen LogP contribution is 2.18. The van der Waals surface area contributed by atoms with Gasteiger partial charge in [0.2, 0.25) is 0 Å². The van der Waals surface area contributed by atoms with Crippen molar-refractivity contribution in [2.75, 3.05) is 13.2 Å². The molecule has 0 bridgehead atoms. The van der Waals surface area contributed by atoms with Crippen LogP contribution in [0.3, 0.4) is 0 Å². The third kappa shape index (κ3) is 4.08. The van der Waals surface area contributed by atoms with Gasteiger partial charge in [0.15, 0.2) is 0 Å². The van der Waals surface area contributed by atoms with E-state index in [1.807, 2.05) is 24.3 Å². The highest BCUT2D eigenvalue weighted by Gasteiger charge is 2.05. The predicted octanol–water partition coefficient (Wildman–Crippen LogP) is 2.83. The molecular weight excluding hydrogens is 296 g/mol. The molecule has 0 radical (unpaired) electrons. The minimum absolute atomic E-state index is 0.306. The molecule has 0 aliphatic carbocycles. The van der Waals surface area contributed by atoms with E-state index in [1.165, 1.54) is 0 Å². The Labute approximate surface area is 127 Å². The second-order valence-corrected chi connectivity index (χ2v) is 4.77.